The van der Waals surface area contributed by atoms with Gasteiger partial charge in [0, 0.05) is 85.9 Å². The van der Waals surface area contributed by atoms with Crippen LogP contribution in [-0.4, -0.2) is 64.2 Å². The van der Waals surface area contributed by atoms with E-state index in [0.717, 1.165) is 50.7 Å². The van der Waals surface area contributed by atoms with Crippen LogP contribution in [0.25, 0.3) is 0 Å². The SMILES string of the molecule is ClC1=CC=C2C(NCCN3CCC(N(Cc4ccncc4)Cc4ccncc4)CC3)=CC=NC2C1. The van der Waals surface area contributed by atoms with Crippen LogP contribution in [0, 0.1) is 0 Å². The van der Waals surface area contributed by atoms with Crippen molar-refractivity contribution in [2.75, 3.05) is 26.2 Å². The van der Waals surface area contributed by atoms with E-state index in [4.69, 9.17) is 11.6 Å². The maximum atomic E-state index is 6.20. The lowest BCUT2D eigenvalue weighted by Gasteiger charge is -2.39. The minimum Gasteiger partial charge on any atom is -0.383 e. The van der Waals surface area contributed by atoms with E-state index in [1.807, 2.05) is 37.1 Å². The Balaban J connectivity index is 1.13. The van der Waals surface area contributed by atoms with Crippen LogP contribution in [0.5, 0.6) is 0 Å². The average molecular weight is 489 g/mol. The summed E-state index contributed by atoms with van der Waals surface area (Å²) in [7, 11) is 0. The minimum atomic E-state index is 0.155. The molecule has 2 aromatic heterocycles. The number of rotatable bonds is 9. The zero-order chi connectivity index (χ0) is 23.9. The molecule has 0 bridgehead atoms. The Kier molecular flexibility index (Phi) is 8.03. The van der Waals surface area contributed by atoms with Gasteiger partial charge in [0.1, 0.15) is 0 Å². The van der Waals surface area contributed by atoms with Crippen molar-refractivity contribution in [3.8, 4) is 0 Å². The standard InChI is InChI=1S/C28H33ClN6/c29-24-1-2-26-27(7-14-32-28(26)19-24)33-15-18-34-16-8-25(9-17-34)35(20-22-3-10-30-11-4-22)21-23-5-12-31-13-6-23/h1-7,10-14,25,28,33H,8-9,15-21H2. The Morgan fingerprint density at radius 2 is 1.57 bits per heavy atom. The molecular formula is C28H33ClN6. The summed E-state index contributed by atoms with van der Waals surface area (Å²) in [5, 5.41) is 4.52. The Morgan fingerprint density at radius 1 is 0.914 bits per heavy atom. The van der Waals surface area contributed by atoms with Gasteiger partial charge in [-0.2, -0.15) is 0 Å². The lowest BCUT2D eigenvalue weighted by atomic mass is 9.94. The Labute approximate surface area is 213 Å². The summed E-state index contributed by atoms with van der Waals surface area (Å²) in [4.78, 5) is 18.2. The molecule has 0 aromatic carbocycles. The first-order valence-electron chi connectivity index (χ1n) is 12.5. The van der Waals surface area contributed by atoms with Crippen molar-refractivity contribution in [1.82, 2.24) is 25.1 Å². The first-order chi connectivity index (χ1) is 17.2. The summed E-state index contributed by atoms with van der Waals surface area (Å²) in [6, 6.07) is 9.23. The topological polar surface area (TPSA) is 56.6 Å². The molecule has 35 heavy (non-hydrogen) atoms. The number of hydrogen-bond donors (Lipinski definition) is 1. The van der Waals surface area contributed by atoms with Gasteiger partial charge in [-0.15, -0.1) is 0 Å². The fraction of sp³-hybridized carbons (Fsp3) is 0.393. The highest BCUT2D eigenvalue weighted by Crippen LogP contribution is 2.29. The second-order valence-corrected chi connectivity index (χ2v) is 9.93. The van der Waals surface area contributed by atoms with E-state index in [0.29, 0.717) is 6.04 Å². The minimum absolute atomic E-state index is 0.155. The van der Waals surface area contributed by atoms with Gasteiger partial charge in [0.05, 0.1) is 6.04 Å². The van der Waals surface area contributed by atoms with Crippen LogP contribution < -0.4 is 5.32 Å². The van der Waals surface area contributed by atoms with Crippen LogP contribution in [0.15, 0.2) is 88.6 Å². The summed E-state index contributed by atoms with van der Waals surface area (Å²) >= 11 is 6.20. The highest BCUT2D eigenvalue weighted by atomic mass is 35.5. The summed E-state index contributed by atoms with van der Waals surface area (Å²) in [6.45, 7) is 6.12. The van der Waals surface area contributed by atoms with Crippen molar-refractivity contribution in [2.24, 2.45) is 4.99 Å². The number of nitrogens with one attached hydrogen (secondary N) is 1. The number of pyridine rings is 2. The molecule has 1 atom stereocenters. The van der Waals surface area contributed by atoms with E-state index >= 15 is 0 Å². The number of fused-ring (bicyclic) bond motifs is 1. The molecule has 1 unspecified atom stereocenters. The van der Waals surface area contributed by atoms with E-state index in [1.54, 1.807) is 0 Å². The normalized spacial score (nSPS) is 20.7. The molecule has 5 rings (SSSR count). The van der Waals surface area contributed by atoms with Gasteiger partial charge in [-0.05, 0) is 73.5 Å². The summed E-state index contributed by atoms with van der Waals surface area (Å²) in [5.74, 6) is 0. The van der Waals surface area contributed by atoms with Crippen molar-refractivity contribution in [1.29, 1.82) is 0 Å². The lowest BCUT2D eigenvalue weighted by Crippen LogP contribution is -2.46. The van der Waals surface area contributed by atoms with Gasteiger partial charge >= 0.3 is 0 Å². The van der Waals surface area contributed by atoms with Crippen LogP contribution in [0.3, 0.4) is 0 Å². The number of aromatic nitrogens is 2. The van der Waals surface area contributed by atoms with Gasteiger partial charge in [-0.3, -0.25) is 19.9 Å². The second-order valence-electron chi connectivity index (χ2n) is 9.45. The maximum absolute atomic E-state index is 6.20. The predicted octanol–water partition coefficient (Wildman–Crippen LogP) is 4.32. The number of nitrogens with zero attached hydrogens (tertiary/aromatic N) is 5. The number of dihydropyridines is 1. The first-order valence-corrected chi connectivity index (χ1v) is 12.9. The molecule has 1 fully saturated rings. The number of aliphatic imine (C=N–C) groups is 1. The number of likely N-dealkylation sites (tertiary alicyclic amines) is 1. The van der Waals surface area contributed by atoms with Crippen molar-refractivity contribution >= 4 is 17.8 Å². The van der Waals surface area contributed by atoms with Gasteiger partial charge in [0.15, 0.2) is 0 Å². The quantitative estimate of drug-likeness (QED) is 0.569. The third kappa shape index (κ3) is 6.45. The molecule has 6 nitrogen and oxygen atoms in total. The van der Waals surface area contributed by atoms with Crippen molar-refractivity contribution in [3.05, 3.63) is 94.7 Å². The molecule has 1 aliphatic carbocycles. The number of hydrogen-bond acceptors (Lipinski definition) is 6. The van der Waals surface area contributed by atoms with Gasteiger partial charge in [-0.1, -0.05) is 17.7 Å². The molecule has 1 N–H and O–H groups in total. The van der Waals surface area contributed by atoms with E-state index in [-0.39, 0.29) is 6.04 Å². The summed E-state index contributed by atoms with van der Waals surface area (Å²) < 4.78 is 0. The Bertz CT molecular complexity index is 1050. The zero-order valence-corrected chi connectivity index (χ0v) is 20.8. The molecule has 2 aliphatic heterocycles. The largest absolute Gasteiger partial charge is 0.383 e. The molecular weight excluding hydrogens is 456 g/mol. The molecule has 2 aromatic rings. The van der Waals surface area contributed by atoms with E-state index in [2.05, 4.69) is 66.5 Å². The molecule has 1 saturated heterocycles. The first kappa shape index (κ1) is 23.9. The van der Waals surface area contributed by atoms with E-state index < -0.39 is 0 Å². The number of allylic oxidation sites excluding steroid dienone is 3. The Hall–Kier alpha value is -2.80. The lowest BCUT2D eigenvalue weighted by molar-refractivity contribution is 0.0972. The van der Waals surface area contributed by atoms with E-state index in [9.17, 15) is 0 Å². The summed E-state index contributed by atoms with van der Waals surface area (Å²) in [5.41, 5.74) is 5.06. The third-order valence-corrected chi connectivity index (χ3v) is 7.38. The number of piperidine rings is 1. The molecule has 0 spiro atoms. The smallest absolute Gasteiger partial charge is 0.0817 e. The monoisotopic (exact) mass is 488 g/mol. The van der Waals surface area contributed by atoms with E-state index in [1.165, 1.54) is 35.2 Å². The Morgan fingerprint density at radius 3 is 2.23 bits per heavy atom. The molecule has 0 amide bonds. The van der Waals surface area contributed by atoms with Gasteiger partial charge < -0.3 is 10.2 Å². The highest BCUT2D eigenvalue weighted by molar-refractivity contribution is 6.29. The number of halogens is 1. The van der Waals surface area contributed by atoms with Gasteiger partial charge in [0.2, 0.25) is 0 Å². The van der Waals surface area contributed by atoms with Crippen LogP contribution in [0.4, 0.5) is 0 Å². The fourth-order valence-electron chi connectivity index (χ4n) is 5.15. The molecule has 3 aliphatic rings. The molecule has 4 heterocycles. The highest BCUT2D eigenvalue weighted by Gasteiger charge is 2.26. The van der Waals surface area contributed by atoms with Crippen LogP contribution in [0.1, 0.15) is 30.4 Å². The van der Waals surface area contributed by atoms with Crippen molar-refractivity contribution < 1.29 is 0 Å². The fourth-order valence-corrected chi connectivity index (χ4v) is 5.36. The average Bonchev–Trinajstić information content (AvgIpc) is 2.90. The molecule has 0 radical (unpaired) electrons. The second kappa shape index (κ2) is 11.8. The molecule has 7 heteroatoms. The summed E-state index contributed by atoms with van der Waals surface area (Å²) in [6.07, 6.45) is 18.8. The van der Waals surface area contributed by atoms with Crippen LogP contribution in [0.2, 0.25) is 0 Å². The van der Waals surface area contributed by atoms with Gasteiger partial charge in [-0.25, -0.2) is 0 Å². The van der Waals surface area contributed by atoms with Crippen LogP contribution in [-0.2, 0) is 13.1 Å². The zero-order valence-electron chi connectivity index (χ0n) is 20.1. The molecule has 182 valence electrons. The van der Waals surface area contributed by atoms with Gasteiger partial charge in [0.25, 0.3) is 0 Å². The third-order valence-electron chi connectivity index (χ3n) is 7.10. The van der Waals surface area contributed by atoms with Crippen molar-refractivity contribution in [3.63, 3.8) is 0 Å². The van der Waals surface area contributed by atoms with Crippen LogP contribution >= 0.6 is 11.6 Å². The molecule has 0 saturated carbocycles. The predicted molar refractivity (Wildman–Crippen MR) is 142 cm³/mol. The van der Waals surface area contributed by atoms with Crippen molar-refractivity contribution in [2.45, 2.75) is 44.4 Å². The maximum Gasteiger partial charge on any atom is 0.0817 e.